The van der Waals surface area contributed by atoms with Gasteiger partial charge in [-0.1, -0.05) is 41.8 Å². The van der Waals surface area contributed by atoms with Crippen LogP contribution in [-0.2, 0) is 14.3 Å². The molecule has 0 aliphatic rings. The molecule has 0 saturated carbocycles. The molecule has 144 valence electrons. The second-order valence-electron chi connectivity index (χ2n) is 5.14. The summed E-state index contributed by atoms with van der Waals surface area (Å²) in [5, 5.41) is 10.6. The summed E-state index contributed by atoms with van der Waals surface area (Å²) >= 11 is 3.76. The number of ether oxygens (including phenoxy) is 1. The van der Waals surface area contributed by atoms with Gasteiger partial charge in [-0.25, -0.2) is 4.79 Å². The topological polar surface area (TPSA) is 124 Å². The molecule has 2 amide bonds. The molecule has 1 aromatic heterocycles. The molecule has 0 bridgehead atoms. The molecule has 0 saturated heterocycles. The van der Waals surface area contributed by atoms with Gasteiger partial charge in [-0.15, -0.1) is 10.2 Å². The number of aromatic nitrogens is 2. The summed E-state index contributed by atoms with van der Waals surface area (Å²) in [6.07, 6.45) is 0.761. The molecule has 0 unspecified atom stereocenters. The van der Waals surface area contributed by atoms with Crippen molar-refractivity contribution in [2.75, 3.05) is 23.4 Å². The number of nitrogens with two attached hydrogens (primary N) is 1. The fourth-order valence-electron chi connectivity index (χ4n) is 1.74. The average Bonchev–Trinajstić information content (AvgIpc) is 3.11. The van der Waals surface area contributed by atoms with Crippen molar-refractivity contribution in [1.29, 1.82) is 0 Å². The molecule has 3 N–H and O–H groups in total. The minimum absolute atomic E-state index is 0.141. The Balaban J connectivity index is 1.78. The Kier molecular flexibility index (Phi) is 8.55. The van der Waals surface area contributed by atoms with E-state index in [1.54, 1.807) is 24.3 Å². The highest BCUT2D eigenvalue weighted by atomic mass is 32.2. The Morgan fingerprint density at radius 1 is 1.11 bits per heavy atom. The van der Waals surface area contributed by atoms with Crippen LogP contribution >= 0.6 is 34.9 Å². The van der Waals surface area contributed by atoms with Crippen LogP contribution in [-0.4, -0.2) is 46.1 Å². The maximum absolute atomic E-state index is 12.0. The smallest absolute Gasteiger partial charge is 0.338 e. The lowest BCUT2D eigenvalue weighted by atomic mass is 10.2. The van der Waals surface area contributed by atoms with Crippen LogP contribution in [0.4, 0.5) is 5.69 Å². The van der Waals surface area contributed by atoms with Crippen LogP contribution in [0.2, 0.25) is 0 Å². The Bertz CT molecular complexity index is 795. The molecule has 0 aliphatic carbocycles. The molecule has 2 rings (SSSR count). The maximum atomic E-state index is 12.0. The van der Waals surface area contributed by atoms with E-state index in [-0.39, 0.29) is 23.4 Å². The van der Waals surface area contributed by atoms with Crippen LogP contribution in [0.25, 0.3) is 0 Å². The van der Waals surface area contributed by atoms with Crippen molar-refractivity contribution in [3.63, 3.8) is 0 Å². The van der Waals surface area contributed by atoms with Gasteiger partial charge in [0.1, 0.15) is 0 Å². The molecule has 1 aromatic carbocycles. The highest BCUT2D eigenvalue weighted by Gasteiger charge is 2.11. The van der Waals surface area contributed by atoms with Gasteiger partial charge in [0, 0.05) is 5.69 Å². The molecule has 0 radical (unpaired) electrons. The number of thioether (sulfide) groups is 2. The minimum Gasteiger partial charge on any atom is -0.462 e. The van der Waals surface area contributed by atoms with Gasteiger partial charge >= 0.3 is 5.97 Å². The number of hydrogen-bond donors (Lipinski definition) is 2. The Labute approximate surface area is 168 Å². The molecular formula is C16H18N4O4S3. The Morgan fingerprint density at radius 3 is 2.33 bits per heavy atom. The van der Waals surface area contributed by atoms with E-state index in [9.17, 15) is 14.4 Å². The monoisotopic (exact) mass is 426 g/mol. The Morgan fingerprint density at radius 2 is 1.74 bits per heavy atom. The third-order valence-corrected chi connectivity index (χ3v) is 6.11. The number of benzene rings is 1. The summed E-state index contributed by atoms with van der Waals surface area (Å²) in [5.41, 5.74) is 6.10. The van der Waals surface area contributed by atoms with Crippen molar-refractivity contribution in [3.05, 3.63) is 29.8 Å². The summed E-state index contributed by atoms with van der Waals surface area (Å²) < 4.78 is 6.31. The first kappa shape index (κ1) is 21.2. The second kappa shape index (κ2) is 10.9. The fraction of sp³-hybridized carbons (Fsp3) is 0.312. The third kappa shape index (κ3) is 7.57. The van der Waals surface area contributed by atoms with Gasteiger partial charge in [-0.05, 0) is 30.7 Å². The van der Waals surface area contributed by atoms with E-state index in [2.05, 4.69) is 15.5 Å². The van der Waals surface area contributed by atoms with Gasteiger partial charge in [-0.3, -0.25) is 9.59 Å². The van der Waals surface area contributed by atoms with E-state index in [0.717, 1.165) is 6.42 Å². The number of carbonyl (C=O) groups is 3. The highest BCUT2D eigenvalue weighted by Crippen LogP contribution is 2.28. The molecule has 27 heavy (non-hydrogen) atoms. The number of nitrogens with one attached hydrogen (secondary N) is 1. The first-order valence-electron chi connectivity index (χ1n) is 7.92. The molecule has 0 fully saturated rings. The lowest BCUT2D eigenvalue weighted by Gasteiger charge is -2.06. The number of anilines is 1. The van der Waals surface area contributed by atoms with Crippen LogP contribution in [0, 0.1) is 0 Å². The first-order valence-corrected chi connectivity index (χ1v) is 10.7. The van der Waals surface area contributed by atoms with Crippen molar-refractivity contribution >= 4 is 58.3 Å². The van der Waals surface area contributed by atoms with E-state index >= 15 is 0 Å². The van der Waals surface area contributed by atoms with E-state index in [1.807, 2.05) is 6.92 Å². The lowest BCUT2D eigenvalue weighted by Crippen LogP contribution is -2.14. The summed E-state index contributed by atoms with van der Waals surface area (Å²) in [6, 6.07) is 6.50. The van der Waals surface area contributed by atoms with Crippen LogP contribution < -0.4 is 11.1 Å². The van der Waals surface area contributed by atoms with Crippen molar-refractivity contribution in [1.82, 2.24) is 10.2 Å². The number of nitrogens with zero attached hydrogens (tertiary/aromatic N) is 2. The number of rotatable bonds is 10. The van der Waals surface area contributed by atoms with Crippen LogP contribution in [0.5, 0.6) is 0 Å². The SMILES string of the molecule is CCCOC(=O)c1ccc(NC(=O)CSc2nnc(SCC(N)=O)s2)cc1. The van der Waals surface area contributed by atoms with E-state index < -0.39 is 5.91 Å². The van der Waals surface area contributed by atoms with E-state index in [1.165, 1.54) is 34.9 Å². The zero-order valence-corrected chi connectivity index (χ0v) is 16.9. The van der Waals surface area contributed by atoms with Crippen LogP contribution in [0.15, 0.2) is 32.9 Å². The van der Waals surface area contributed by atoms with Gasteiger partial charge in [0.05, 0.1) is 23.7 Å². The van der Waals surface area contributed by atoms with Gasteiger partial charge in [0.25, 0.3) is 0 Å². The van der Waals surface area contributed by atoms with Crippen LogP contribution in [0.1, 0.15) is 23.7 Å². The highest BCUT2D eigenvalue weighted by molar-refractivity contribution is 8.03. The number of esters is 1. The van der Waals surface area contributed by atoms with Crippen molar-refractivity contribution in [2.24, 2.45) is 5.73 Å². The van der Waals surface area contributed by atoms with Gasteiger partial charge in [0.15, 0.2) is 8.68 Å². The average molecular weight is 427 g/mol. The predicted octanol–water partition coefficient (Wildman–Crippen LogP) is 2.41. The van der Waals surface area contributed by atoms with Gasteiger partial charge in [-0.2, -0.15) is 0 Å². The number of amides is 2. The zero-order valence-electron chi connectivity index (χ0n) is 14.5. The predicted molar refractivity (Wildman–Crippen MR) is 106 cm³/mol. The summed E-state index contributed by atoms with van der Waals surface area (Å²) in [5.74, 6) is -0.709. The van der Waals surface area contributed by atoms with E-state index in [0.29, 0.717) is 26.5 Å². The number of carbonyl (C=O) groups excluding carboxylic acids is 3. The molecule has 11 heteroatoms. The van der Waals surface area contributed by atoms with Gasteiger partial charge < -0.3 is 15.8 Å². The molecule has 1 heterocycles. The zero-order chi connectivity index (χ0) is 19.6. The van der Waals surface area contributed by atoms with E-state index in [4.69, 9.17) is 10.5 Å². The largest absolute Gasteiger partial charge is 0.462 e. The molecule has 8 nitrogen and oxygen atoms in total. The molecule has 0 spiro atoms. The Hall–Kier alpha value is -2.11. The summed E-state index contributed by atoms with van der Waals surface area (Å²) in [7, 11) is 0. The summed E-state index contributed by atoms with van der Waals surface area (Å²) in [6.45, 7) is 2.30. The van der Waals surface area contributed by atoms with Crippen molar-refractivity contribution in [2.45, 2.75) is 22.0 Å². The second-order valence-corrected chi connectivity index (χ2v) is 8.56. The molecule has 0 atom stereocenters. The standard InChI is InChI=1S/C16H18N4O4S3/c1-2-7-24-14(23)10-3-5-11(6-4-10)18-13(22)9-26-16-20-19-15(27-16)25-8-12(17)21/h3-6H,2,7-9H2,1H3,(H2,17,21)(H,18,22). The molecule has 2 aromatic rings. The quantitative estimate of drug-likeness (QED) is 0.438. The van der Waals surface area contributed by atoms with Crippen molar-refractivity contribution in [3.8, 4) is 0 Å². The minimum atomic E-state index is -0.423. The van der Waals surface area contributed by atoms with Crippen molar-refractivity contribution < 1.29 is 19.1 Å². The van der Waals surface area contributed by atoms with Crippen LogP contribution in [0.3, 0.4) is 0 Å². The third-order valence-electron chi connectivity index (χ3n) is 2.89. The number of hydrogen-bond acceptors (Lipinski definition) is 9. The molecular weight excluding hydrogens is 408 g/mol. The maximum Gasteiger partial charge on any atom is 0.338 e. The fourth-order valence-corrected chi connectivity index (χ4v) is 4.30. The first-order chi connectivity index (χ1) is 13.0. The summed E-state index contributed by atoms with van der Waals surface area (Å²) in [4.78, 5) is 34.5. The lowest BCUT2D eigenvalue weighted by molar-refractivity contribution is -0.115. The molecule has 0 aliphatic heterocycles. The normalized spacial score (nSPS) is 10.4. The number of primary amides is 1. The van der Waals surface area contributed by atoms with Gasteiger partial charge in [0.2, 0.25) is 11.8 Å².